The largest absolute Gasteiger partial charge is 0.497 e. The van der Waals surface area contributed by atoms with Crippen molar-refractivity contribution in [2.75, 3.05) is 44.7 Å². The first-order chi connectivity index (χ1) is 12.6. The Morgan fingerprint density at radius 1 is 1.19 bits per heavy atom. The zero-order valence-electron chi connectivity index (χ0n) is 14.8. The number of rotatable bonds is 6. The highest BCUT2D eigenvalue weighted by Crippen LogP contribution is 2.14. The number of amides is 1. The van der Waals surface area contributed by atoms with Gasteiger partial charge in [-0.1, -0.05) is 18.2 Å². The third-order valence-electron chi connectivity index (χ3n) is 4.39. The zero-order valence-corrected chi connectivity index (χ0v) is 14.8. The molecule has 2 aromatic rings. The van der Waals surface area contributed by atoms with Gasteiger partial charge >= 0.3 is 0 Å². The number of ether oxygens (including phenoxy) is 1. The SMILES string of the molecule is COc1cccc(CNC(=O)CN2CCN(c3cccc(F)n3)CC2)c1. The number of methoxy groups -OCH3 is 1. The predicted octanol–water partition coefficient (Wildman–Crippen LogP) is 1.67. The van der Waals surface area contributed by atoms with E-state index >= 15 is 0 Å². The van der Waals surface area contributed by atoms with Crippen LogP contribution in [0.1, 0.15) is 5.56 Å². The van der Waals surface area contributed by atoms with Gasteiger partial charge in [0.1, 0.15) is 11.6 Å². The van der Waals surface area contributed by atoms with E-state index in [9.17, 15) is 9.18 Å². The molecule has 138 valence electrons. The lowest BCUT2D eigenvalue weighted by Crippen LogP contribution is -2.49. The van der Waals surface area contributed by atoms with Crippen molar-refractivity contribution >= 4 is 11.7 Å². The van der Waals surface area contributed by atoms with Crippen molar-refractivity contribution < 1.29 is 13.9 Å². The number of pyridine rings is 1. The maximum absolute atomic E-state index is 13.2. The van der Waals surface area contributed by atoms with E-state index in [4.69, 9.17) is 4.74 Å². The molecule has 3 rings (SSSR count). The van der Waals surface area contributed by atoms with Gasteiger partial charge in [0, 0.05) is 32.7 Å². The predicted molar refractivity (Wildman–Crippen MR) is 97.7 cm³/mol. The average molecular weight is 358 g/mol. The van der Waals surface area contributed by atoms with Gasteiger partial charge in [-0.2, -0.15) is 4.39 Å². The fraction of sp³-hybridized carbons (Fsp3) is 0.368. The number of aromatic nitrogens is 1. The van der Waals surface area contributed by atoms with E-state index in [1.165, 1.54) is 6.07 Å². The second-order valence-corrected chi connectivity index (χ2v) is 6.21. The number of anilines is 1. The van der Waals surface area contributed by atoms with E-state index in [0.29, 0.717) is 18.9 Å². The van der Waals surface area contributed by atoms with Crippen molar-refractivity contribution in [3.8, 4) is 5.75 Å². The topological polar surface area (TPSA) is 57.7 Å². The molecule has 1 aliphatic heterocycles. The number of nitrogens with one attached hydrogen (secondary N) is 1. The van der Waals surface area contributed by atoms with Gasteiger partial charge in [-0.05, 0) is 29.8 Å². The molecule has 0 radical (unpaired) electrons. The van der Waals surface area contributed by atoms with Crippen molar-refractivity contribution in [1.82, 2.24) is 15.2 Å². The second kappa shape index (κ2) is 8.62. The Hall–Kier alpha value is -2.67. The van der Waals surface area contributed by atoms with Crippen molar-refractivity contribution in [3.63, 3.8) is 0 Å². The van der Waals surface area contributed by atoms with Crippen molar-refractivity contribution in [2.24, 2.45) is 0 Å². The monoisotopic (exact) mass is 358 g/mol. The summed E-state index contributed by atoms with van der Waals surface area (Å²) in [7, 11) is 1.62. The van der Waals surface area contributed by atoms with E-state index in [2.05, 4.69) is 15.2 Å². The van der Waals surface area contributed by atoms with Gasteiger partial charge in [0.15, 0.2) is 0 Å². The first-order valence-electron chi connectivity index (χ1n) is 8.63. The molecule has 1 aromatic carbocycles. The van der Waals surface area contributed by atoms with Crippen LogP contribution in [0.2, 0.25) is 0 Å². The Balaban J connectivity index is 1.43. The van der Waals surface area contributed by atoms with Gasteiger partial charge in [0.05, 0.1) is 13.7 Å². The molecule has 2 heterocycles. The van der Waals surface area contributed by atoms with Crippen LogP contribution in [-0.4, -0.2) is 55.6 Å². The normalized spacial score (nSPS) is 14.9. The minimum Gasteiger partial charge on any atom is -0.497 e. The molecule has 7 heteroatoms. The molecule has 0 spiro atoms. The molecule has 0 atom stereocenters. The number of nitrogens with zero attached hydrogens (tertiary/aromatic N) is 3. The van der Waals surface area contributed by atoms with Crippen LogP contribution in [0.3, 0.4) is 0 Å². The van der Waals surface area contributed by atoms with E-state index < -0.39 is 5.95 Å². The Bertz CT molecular complexity index is 748. The third-order valence-corrected chi connectivity index (χ3v) is 4.39. The maximum atomic E-state index is 13.2. The zero-order chi connectivity index (χ0) is 18.4. The molecule has 0 bridgehead atoms. The highest BCUT2D eigenvalue weighted by molar-refractivity contribution is 5.78. The summed E-state index contributed by atoms with van der Waals surface area (Å²) in [6.45, 7) is 3.76. The molecule has 0 aliphatic carbocycles. The Kier molecular flexibility index (Phi) is 6.01. The van der Waals surface area contributed by atoms with E-state index in [0.717, 1.165) is 37.5 Å². The third kappa shape index (κ3) is 4.92. The number of carbonyl (C=O) groups excluding carboxylic acids is 1. The number of halogens is 1. The lowest BCUT2D eigenvalue weighted by Gasteiger charge is -2.34. The van der Waals surface area contributed by atoms with Gasteiger partial charge in [0.25, 0.3) is 0 Å². The highest BCUT2D eigenvalue weighted by Gasteiger charge is 2.20. The molecule has 1 aromatic heterocycles. The molecule has 1 amide bonds. The minimum atomic E-state index is -0.471. The maximum Gasteiger partial charge on any atom is 0.234 e. The van der Waals surface area contributed by atoms with Gasteiger partial charge in [-0.3, -0.25) is 9.69 Å². The van der Waals surface area contributed by atoms with Crippen molar-refractivity contribution in [3.05, 3.63) is 54.0 Å². The fourth-order valence-corrected chi connectivity index (χ4v) is 2.95. The minimum absolute atomic E-state index is 0.00912. The fourth-order valence-electron chi connectivity index (χ4n) is 2.95. The average Bonchev–Trinajstić information content (AvgIpc) is 2.67. The van der Waals surface area contributed by atoms with E-state index in [1.54, 1.807) is 19.2 Å². The summed E-state index contributed by atoms with van der Waals surface area (Å²) in [5.41, 5.74) is 1.000. The molecule has 1 N–H and O–H groups in total. The van der Waals surface area contributed by atoms with Crippen LogP contribution in [0.25, 0.3) is 0 Å². The molecule has 1 fully saturated rings. The Morgan fingerprint density at radius 2 is 1.96 bits per heavy atom. The molecule has 26 heavy (non-hydrogen) atoms. The van der Waals surface area contributed by atoms with E-state index in [1.807, 2.05) is 29.2 Å². The molecular weight excluding hydrogens is 335 g/mol. The molecule has 6 nitrogen and oxygen atoms in total. The summed E-state index contributed by atoms with van der Waals surface area (Å²) in [5, 5.41) is 2.94. The number of hydrogen-bond donors (Lipinski definition) is 1. The number of benzene rings is 1. The summed E-state index contributed by atoms with van der Waals surface area (Å²) in [6.07, 6.45) is 0. The van der Waals surface area contributed by atoms with Crippen molar-refractivity contribution in [1.29, 1.82) is 0 Å². The summed E-state index contributed by atoms with van der Waals surface area (Å²) >= 11 is 0. The van der Waals surface area contributed by atoms with Gasteiger partial charge in [-0.15, -0.1) is 0 Å². The van der Waals surface area contributed by atoms with Gasteiger partial charge in [0.2, 0.25) is 11.9 Å². The molecule has 0 unspecified atom stereocenters. The van der Waals surface area contributed by atoms with Gasteiger partial charge in [-0.25, -0.2) is 4.98 Å². The number of carbonyl (C=O) groups is 1. The molecular formula is C19H23FN4O2. The summed E-state index contributed by atoms with van der Waals surface area (Å²) in [6, 6.07) is 12.4. The standard InChI is InChI=1S/C19H23FN4O2/c1-26-16-5-2-4-15(12-16)13-21-19(25)14-23-8-10-24(11-9-23)18-7-3-6-17(20)22-18/h2-7,12H,8-11,13-14H2,1H3,(H,21,25). The van der Waals surface area contributed by atoms with Crippen LogP contribution in [0.5, 0.6) is 5.75 Å². The molecule has 1 aliphatic rings. The quantitative estimate of drug-likeness (QED) is 0.796. The smallest absolute Gasteiger partial charge is 0.234 e. The van der Waals surface area contributed by atoms with Crippen molar-refractivity contribution in [2.45, 2.75) is 6.54 Å². The van der Waals surface area contributed by atoms with Crippen LogP contribution in [0.15, 0.2) is 42.5 Å². The Labute approximate surface area is 152 Å². The number of piperazine rings is 1. The summed E-state index contributed by atoms with van der Waals surface area (Å²) < 4.78 is 18.4. The van der Waals surface area contributed by atoms with Crippen LogP contribution in [0, 0.1) is 5.95 Å². The van der Waals surface area contributed by atoms with Crippen LogP contribution in [-0.2, 0) is 11.3 Å². The van der Waals surface area contributed by atoms with E-state index in [-0.39, 0.29) is 5.91 Å². The highest BCUT2D eigenvalue weighted by atomic mass is 19.1. The summed E-state index contributed by atoms with van der Waals surface area (Å²) in [4.78, 5) is 20.2. The Morgan fingerprint density at radius 3 is 2.69 bits per heavy atom. The molecule has 0 saturated carbocycles. The second-order valence-electron chi connectivity index (χ2n) is 6.21. The van der Waals surface area contributed by atoms with Crippen LogP contribution in [0.4, 0.5) is 10.2 Å². The van der Waals surface area contributed by atoms with Crippen LogP contribution < -0.4 is 15.0 Å². The first-order valence-corrected chi connectivity index (χ1v) is 8.63. The molecule has 1 saturated heterocycles. The van der Waals surface area contributed by atoms with Crippen LogP contribution >= 0.6 is 0 Å². The number of hydrogen-bond acceptors (Lipinski definition) is 5. The lowest BCUT2D eigenvalue weighted by atomic mass is 10.2. The first kappa shape index (κ1) is 18.1. The lowest BCUT2D eigenvalue weighted by molar-refractivity contribution is -0.122. The van der Waals surface area contributed by atoms with Gasteiger partial charge < -0.3 is 15.0 Å². The summed E-state index contributed by atoms with van der Waals surface area (Å²) in [5.74, 6) is 0.943.